The fourth-order valence-corrected chi connectivity index (χ4v) is 4.00. The van der Waals surface area contributed by atoms with E-state index in [9.17, 15) is 26.4 Å². The lowest BCUT2D eigenvalue weighted by Crippen LogP contribution is -2.28. The summed E-state index contributed by atoms with van der Waals surface area (Å²) in [6, 6.07) is 17.7. The standard InChI is InChI=1S/C24H17F3O5S/c1-14-8-15(2)10-17(9-14)18-11-21-23(22(12-18)32-33(29,30)24(25,26)27)19(28)13-20(31-21)16-6-4-3-5-7-16/h3-13H,1-2H3. The Hall–Kier alpha value is -3.59. The Balaban J connectivity index is 2.02. The summed E-state index contributed by atoms with van der Waals surface area (Å²) in [5.74, 6) is -0.581. The molecule has 0 aliphatic rings. The summed E-state index contributed by atoms with van der Waals surface area (Å²) in [5.41, 5.74) is -3.26. The van der Waals surface area contributed by atoms with E-state index in [0.717, 1.165) is 23.3 Å². The Morgan fingerprint density at radius 1 is 0.818 bits per heavy atom. The van der Waals surface area contributed by atoms with E-state index in [0.29, 0.717) is 16.7 Å². The van der Waals surface area contributed by atoms with Crippen molar-refractivity contribution in [2.75, 3.05) is 0 Å². The molecule has 4 rings (SSSR count). The summed E-state index contributed by atoms with van der Waals surface area (Å²) in [5, 5.41) is -0.407. The molecule has 0 amide bonds. The highest BCUT2D eigenvalue weighted by Crippen LogP contribution is 2.36. The molecule has 33 heavy (non-hydrogen) atoms. The fourth-order valence-electron chi connectivity index (χ4n) is 3.54. The summed E-state index contributed by atoms with van der Waals surface area (Å²) in [6.45, 7) is 3.69. The number of fused-ring (bicyclic) bond motifs is 1. The van der Waals surface area contributed by atoms with Gasteiger partial charge in [0.05, 0.1) is 0 Å². The quantitative estimate of drug-likeness (QED) is 0.269. The third kappa shape index (κ3) is 4.49. The van der Waals surface area contributed by atoms with Crippen LogP contribution in [0.15, 0.2) is 75.9 Å². The van der Waals surface area contributed by atoms with Crippen molar-refractivity contribution in [3.05, 3.63) is 88.1 Å². The van der Waals surface area contributed by atoms with Gasteiger partial charge < -0.3 is 8.60 Å². The smallest absolute Gasteiger partial charge is 0.456 e. The van der Waals surface area contributed by atoms with Gasteiger partial charge in [0.1, 0.15) is 16.7 Å². The topological polar surface area (TPSA) is 73.6 Å². The highest BCUT2D eigenvalue weighted by molar-refractivity contribution is 7.88. The maximum Gasteiger partial charge on any atom is 0.534 e. The first-order valence-corrected chi connectivity index (χ1v) is 11.1. The largest absolute Gasteiger partial charge is 0.534 e. The van der Waals surface area contributed by atoms with Gasteiger partial charge in [-0.2, -0.15) is 21.6 Å². The van der Waals surface area contributed by atoms with Gasteiger partial charge >= 0.3 is 15.6 Å². The Morgan fingerprint density at radius 3 is 2.03 bits per heavy atom. The van der Waals surface area contributed by atoms with E-state index in [1.807, 2.05) is 19.9 Å². The normalized spacial score (nSPS) is 12.2. The molecule has 0 saturated heterocycles. The third-order valence-electron chi connectivity index (χ3n) is 4.89. The van der Waals surface area contributed by atoms with Crippen LogP contribution in [0.4, 0.5) is 13.2 Å². The van der Waals surface area contributed by atoms with Gasteiger partial charge in [0.2, 0.25) is 0 Å². The zero-order valence-electron chi connectivity index (χ0n) is 17.4. The molecular formula is C24H17F3O5S. The van der Waals surface area contributed by atoms with Crippen molar-refractivity contribution in [3.8, 4) is 28.2 Å². The molecule has 0 unspecified atom stereocenters. The van der Waals surface area contributed by atoms with Crippen LogP contribution in [-0.4, -0.2) is 13.9 Å². The number of hydrogen-bond donors (Lipinski definition) is 0. The molecule has 0 aliphatic carbocycles. The molecule has 0 aliphatic heterocycles. The molecule has 0 radical (unpaired) electrons. The zero-order valence-corrected chi connectivity index (χ0v) is 18.3. The average Bonchev–Trinajstić information content (AvgIpc) is 2.72. The maximum atomic E-state index is 13.0. The van der Waals surface area contributed by atoms with E-state index < -0.39 is 32.2 Å². The molecule has 0 atom stereocenters. The molecule has 0 fully saturated rings. The maximum absolute atomic E-state index is 13.0. The molecule has 0 bridgehead atoms. The lowest BCUT2D eigenvalue weighted by Gasteiger charge is -2.14. The van der Waals surface area contributed by atoms with Crippen LogP contribution in [0.3, 0.4) is 0 Å². The molecule has 0 spiro atoms. The van der Waals surface area contributed by atoms with E-state index in [1.165, 1.54) is 6.07 Å². The van der Waals surface area contributed by atoms with Gasteiger partial charge in [-0.3, -0.25) is 4.79 Å². The van der Waals surface area contributed by atoms with E-state index in [-0.39, 0.29) is 11.3 Å². The molecule has 3 aromatic carbocycles. The van der Waals surface area contributed by atoms with Crippen molar-refractivity contribution in [2.45, 2.75) is 19.4 Å². The van der Waals surface area contributed by atoms with Crippen LogP contribution >= 0.6 is 0 Å². The van der Waals surface area contributed by atoms with Crippen LogP contribution in [0.2, 0.25) is 0 Å². The summed E-state index contributed by atoms with van der Waals surface area (Å²) in [4.78, 5) is 12.9. The molecule has 170 valence electrons. The first-order chi connectivity index (χ1) is 15.4. The summed E-state index contributed by atoms with van der Waals surface area (Å²) in [6.07, 6.45) is 0. The minimum atomic E-state index is -6.02. The molecule has 5 nitrogen and oxygen atoms in total. The van der Waals surface area contributed by atoms with Gasteiger partial charge in [0, 0.05) is 11.6 Å². The highest BCUT2D eigenvalue weighted by atomic mass is 32.2. The van der Waals surface area contributed by atoms with Gasteiger partial charge in [0.15, 0.2) is 11.2 Å². The minimum Gasteiger partial charge on any atom is -0.456 e. The Labute approximate surface area is 187 Å². The fraction of sp³-hybridized carbons (Fsp3) is 0.125. The van der Waals surface area contributed by atoms with Crippen LogP contribution in [-0.2, 0) is 10.1 Å². The van der Waals surface area contributed by atoms with Gasteiger partial charge in [-0.15, -0.1) is 0 Å². The van der Waals surface area contributed by atoms with Gasteiger partial charge in [-0.05, 0) is 37.1 Å². The Bertz CT molecular complexity index is 1500. The van der Waals surface area contributed by atoms with Crippen molar-refractivity contribution in [2.24, 2.45) is 0 Å². The van der Waals surface area contributed by atoms with E-state index >= 15 is 0 Å². The van der Waals surface area contributed by atoms with Gasteiger partial charge in [-0.25, -0.2) is 0 Å². The lowest BCUT2D eigenvalue weighted by molar-refractivity contribution is -0.0499. The van der Waals surface area contributed by atoms with Crippen molar-refractivity contribution in [3.63, 3.8) is 0 Å². The summed E-state index contributed by atoms with van der Waals surface area (Å²) < 4.78 is 72.8. The summed E-state index contributed by atoms with van der Waals surface area (Å²) in [7, 11) is -6.02. The van der Waals surface area contributed by atoms with E-state index in [1.54, 1.807) is 42.5 Å². The number of benzene rings is 3. The second kappa shape index (κ2) is 8.08. The SMILES string of the molecule is Cc1cc(C)cc(-c2cc(OS(=O)(=O)C(F)(F)F)c3c(=O)cc(-c4ccccc4)oc3c2)c1. The average molecular weight is 474 g/mol. The second-order valence-electron chi connectivity index (χ2n) is 7.55. The van der Waals surface area contributed by atoms with Crippen molar-refractivity contribution in [1.29, 1.82) is 0 Å². The second-order valence-corrected chi connectivity index (χ2v) is 9.09. The zero-order chi connectivity index (χ0) is 24.0. The third-order valence-corrected chi connectivity index (χ3v) is 5.86. The van der Waals surface area contributed by atoms with Crippen molar-refractivity contribution >= 4 is 21.1 Å². The number of alkyl halides is 3. The van der Waals surface area contributed by atoms with E-state index in [2.05, 4.69) is 4.18 Å². The number of halogens is 3. The lowest BCUT2D eigenvalue weighted by atomic mass is 9.99. The number of hydrogen-bond acceptors (Lipinski definition) is 5. The summed E-state index contributed by atoms with van der Waals surface area (Å²) >= 11 is 0. The first-order valence-electron chi connectivity index (χ1n) is 9.71. The van der Waals surface area contributed by atoms with Crippen LogP contribution in [0.25, 0.3) is 33.4 Å². The molecular weight excluding hydrogens is 457 g/mol. The molecule has 1 aromatic heterocycles. The van der Waals surface area contributed by atoms with Crippen LogP contribution in [0.5, 0.6) is 5.75 Å². The predicted molar refractivity (Wildman–Crippen MR) is 118 cm³/mol. The molecule has 1 heterocycles. The predicted octanol–water partition coefficient (Wildman–Crippen LogP) is 5.97. The molecule has 4 aromatic rings. The number of aryl methyl sites for hydroxylation is 2. The van der Waals surface area contributed by atoms with Crippen molar-refractivity contribution in [1.82, 2.24) is 0 Å². The van der Waals surface area contributed by atoms with Crippen molar-refractivity contribution < 1.29 is 30.2 Å². The highest BCUT2D eigenvalue weighted by Gasteiger charge is 2.49. The van der Waals surface area contributed by atoms with E-state index in [4.69, 9.17) is 4.42 Å². The first kappa shape index (κ1) is 22.6. The minimum absolute atomic E-state index is 0.106. The molecule has 0 saturated carbocycles. The molecule has 9 heteroatoms. The van der Waals surface area contributed by atoms with Crippen LogP contribution in [0.1, 0.15) is 11.1 Å². The molecule has 0 N–H and O–H groups in total. The Morgan fingerprint density at radius 2 is 1.42 bits per heavy atom. The van der Waals surface area contributed by atoms with Crippen LogP contribution < -0.4 is 9.61 Å². The number of rotatable bonds is 4. The van der Waals surface area contributed by atoms with Gasteiger partial charge in [0.25, 0.3) is 0 Å². The van der Waals surface area contributed by atoms with Gasteiger partial charge in [-0.1, -0.05) is 59.7 Å². The Kier molecular flexibility index (Phi) is 5.53. The van der Waals surface area contributed by atoms with Crippen LogP contribution in [0, 0.1) is 13.8 Å². The monoisotopic (exact) mass is 474 g/mol.